The second kappa shape index (κ2) is 7.60. The quantitative estimate of drug-likeness (QED) is 0.879. The molecule has 1 aliphatic heterocycles. The summed E-state index contributed by atoms with van der Waals surface area (Å²) >= 11 is 0. The van der Waals surface area contributed by atoms with Crippen LogP contribution in [-0.2, 0) is 0 Å². The van der Waals surface area contributed by atoms with Crippen LogP contribution in [0, 0.1) is 13.8 Å². The Kier molecular flexibility index (Phi) is 5.27. The Hall–Kier alpha value is -2.49. The molecule has 132 valence electrons. The van der Waals surface area contributed by atoms with Crippen molar-refractivity contribution in [1.29, 1.82) is 0 Å². The summed E-state index contributed by atoms with van der Waals surface area (Å²) in [5.74, 6) is 1.39. The molecule has 1 saturated heterocycles. The van der Waals surface area contributed by atoms with Crippen molar-refractivity contribution in [1.82, 2.24) is 4.90 Å². The minimum atomic E-state index is -0.0123. The van der Waals surface area contributed by atoms with Crippen LogP contribution in [0.2, 0.25) is 0 Å². The number of para-hydroxylation sites is 1. The first-order valence-electron chi connectivity index (χ1n) is 8.84. The highest BCUT2D eigenvalue weighted by molar-refractivity contribution is 5.89. The van der Waals surface area contributed by atoms with Gasteiger partial charge in [0.25, 0.3) is 0 Å². The summed E-state index contributed by atoms with van der Waals surface area (Å²) in [6.45, 7) is 5.66. The largest absolute Gasteiger partial charge is 0.496 e. The topological polar surface area (TPSA) is 41.6 Å². The number of ether oxygens (including phenoxy) is 1. The number of aryl methyl sites for hydroxylation is 2. The lowest BCUT2D eigenvalue weighted by molar-refractivity contribution is 0.194. The second-order valence-corrected chi connectivity index (χ2v) is 6.73. The molecule has 1 aliphatic rings. The van der Waals surface area contributed by atoms with Gasteiger partial charge >= 0.3 is 6.03 Å². The number of urea groups is 1. The maximum Gasteiger partial charge on any atom is 0.321 e. The number of likely N-dealkylation sites (tertiary alicyclic amines) is 1. The van der Waals surface area contributed by atoms with Gasteiger partial charge in [0.15, 0.2) is 0 Å². The van der Waals surface area contributed by atoms with Crippen molar-refractivity contribution >= 4 is 11.7 Å². The summed E-state index contributed by atoms with van der Waals surface area (Å²) in [6, 6.07) is 14.2. The molecule has 0 bridgehead atoms. The van der Waals surface area contributed by atoms with Crippen LogP contribution in [0.25, 0.3) is 0 Å². The van der Waals surface area contributed by atoms with E-state index < -0.39 is 0 Å². The number of methoxy groups -OCH3 is 1. The molecular formula is C21H26N2O2. The number of nitrogens with zero attached hydrogens (tertiary/aromatic N) is 1. The van der Waals surface area contributed by atoms with Gasteiger partial charge in [-0.1, -0.05) is 24.3 Å². The van der Waals surface area contributed by atoms with E-state index in [-0.39, 0.29) is 6.03 Å². The van der Waals surface area contributed by atoms with Crippen LogP contribution in [0.3, 0.4) is 0 Å². The third kappa shape index (κ3) is 3.95. The molecule has 4 nitrogen and oxygen atoms in total. The highest BCUT2D eigenvalue weighted by atomic mass is 16.5. The van der Waals surface area contributed by atoms with Crippen LogP contribution in [0.15, 0.2) is 42.5 Å². The number of benzene rings is 2. The maximum atomic E-state index is 12.5. The lowest BCUT2D eigenvalue weighted by atomic mass is 9.89. The zero-order valence-electron chi connectivity index (χ0n) is 15.2. The van der Waals surface area contributed by atoms with E-state index >= 15 is 0 Å². The number of carbonyl (C=O) groups is 1. The molecule has 4 heteroatoms. The Morgan fingerprint density at radius 2 is 1.80 bits per heavy atom. The second-order valence-electron chi connectivity index (χ2n) is 6.73. The summed E-state index contributed by atoms with van der Waals surface area (Å²) in [5, 5.41) is 3.02. The smallest absolute Gasteiger partial charge is 0.321 e. The average Bonchev–Trinajstić information content (AvgIpc) is 2.65. The number of carbonyl (C=O) groups excluding carboxylic acids is 1. The molecule has 1 N–H and O–H groups in total. The Bertz CT molecular complexity index is 749. The molecule has 0 aromatic heterocycles. The zero-order valence-corrected chi connectivity index (χ0v) is 15.2. The van der Waals surface area contributed by atoms with Gasteiger partial charge in [-0.05, 0) is 67.5 Å². The average molecular weight is 338 g/mol. The Balaban J connectivity index is 1.60. The molecule has 3 rings (SSSR count). The summed E-state index contributed by atoms with van der Waals surface area (Å²) in [7, 11) is 1.71. The van der Waals surface area contributed by atoms with Gasteiger partial charge < -0.3 is 15.0 Å². The summed E-state index contributed by atoms with van der Waals surface area (Å²) in [5.41, 5.74) is 4.53. The van der Waals surface area contributed by atoms with Crippen molar-refractivity contribution in [3.63, 3.8) is 0 Å². The fourth-order valence-electron chi connectivity index (χ4n) is 3.42. The lowest BCUT2D eigenvalue weighted by Gasteiger charge is -2.32. The molecule has 1 heterocycles. The number of piperidine rings is 1. The molecule has 2 aromatic rings. The molecular weight excluding hydrogens is 312 g/mol. The maximum absolute atomic E-state index is 12.5. The first-order valence-corrected chi connectivity index (χ1v) is 8.84. The fourth-order valence-corrected chi connectivity index (χ4v) is 3.42. The van der Waals surface area contributed by atoms with Crippen molar-refractivity contribution in [2.45, 2.75) is 32.6 Å². The van der Waals surface area contributed by atoms with Gasteiger partial charge in [-0.25, -0.2) is 4.79 Å². The van der Waals surface area contributed by atoms with E-state index in [0.29, 0.717) is 5.92 Å². The number of amides is 2. The normalized spacial score (nSPS) is 15.1. The molecule has 0 unspecified atom stereocenters. The summed E-state index contributed by atoms with van der Waals surface area (Å²) in [4.78, 5) is 14.4. The zero-order chi connectivity index (χ0) is 17.8. The van der Waals surface area contributed by atoms with Gasteiger partial charge in [-0.3, -0.25) is 0 Å². The number of anilines is 1. The van der Waals surface area contributed by atoms with Crippen molar-refractivity contribution in [3.05, 3.63) is 59.2 Å². The van der Waals surface area contributed by atoms with E-state index in [1.165, 1.54) is 16.7 Å². The molecule has 1 fully saturated rings. The van der Waals surface area contributed by atoms with Gasteiger partial charge in [-0.2, -0.15) is 0 Å². The van der Waals surface area contributed by atoms with Crippen LogP contribution in [-0.4, -0.2) is 31.1 Å². The molecule has 0 spiro atoms. The summed E-state index contributed by atoms with van der Waals surface area (Å²) < 4.78 is 5.48. The predicted molar refractivity (Wildman–Crippen MR) is 101 cm³/mol. The highest BCUT2D eigenvalue weighted by Crippen LogP contribution is 2.34. The molecule has 0 radical (unpaired) electrons. The van der Waals surface area contributed by atoms with E-state index in [0.717, 1.165) is 37.4 Å². The monoisotopic (exact) mass is 338 g/mol. The Labute approximate surface area is 149 Å². The number of hydrogen-bond acceptors (Lipinski definition) is 2. The third-order valence-electron chi connectivity index (χ3n) is 5.12. The van der Waals surface area contributed by atoms with Gasteiger partial charge in [0.2, 0.25) is 0 Å². The molecule has 0 saturated carbocycles. The lowest BCUT2D eigenvalue weighted by Crippen LogP contribution is -2.40. The Morgan fingerprint density at radius 3 is 2.48 bits per heavy atom. The van der Waals surface area contributed by atoms with Crippen LogP contribution < -0.4 is 10.1 Å². The summed E-state index contributed by atoms with van der Waals surface area (Å²) in [6.07, 6.45) is 1.92. The van der Waals surface area contributed by atoms with Crippen LogP contribution >= 0.6 is 0 Å². The van der Waals surface area contributed by atoms with E-state index in [2.05, 4.69) is 31.3 Å². The van der Waals surface area contributed by atoms with Gasteiger partial charge in [0.05, 0.1) is 7.11 Å². The molecule has 25 heavy (non-hydrogen) atoms. The predicted octanol–water partition coefficient (Wildman–Crippen LogP) is 4.72. The number of nitrogens with one attached hydrogen (secondary N) is 1. The van der Waals surface area contributed by atoms with Crippen molar-refractivity contribution in [2.75, 3.05) is 25.5 Å². The fraction of sp³-hybridized carbons (Fsp3) is 0.381. The first kappa shape index (κ1) is 17.3. The van der Waals surface area contributed by atoms with Crippen LogP contribution in [0.5, 0.6) is 5.75 Å². The number of hydrogen-bond donors (Lipinski definition) is 1. The Morgan fingerprint density at radius 1 is 1.08 bits per heavy atom. The van der Waals surface area contributed by atoms with Gasteiger partial charge in [0, 0.05) is 18.8 Å². The van der Waals surface area contributed by atoms with Crippen LogP contribution in [0.4, 0.5) is 10.5 Å². The SMILES string of the molecule is COc1ccccc1C1CCN(C(=O)Nc2ccc(C)c(C)c2)CC1. The minimum absolute atomic E-state index is 0.0123. The molecule has 0 aliphatic carbocycles. The van der Waals surface area contributed by atoms with E-state index in [9.17, 15) is 4.79 Å². The van der Waals surface area contributed by atoms with Crippen molar-refractivity contribution in [3.8, 4) is 5.75 Å². The molecule has 2 aromatic carbocycles. The van der Waals surface area contributed by atoms with E-state index in [1.54, 1.807) is 7.11 Å². The van der Waals surface area contributed by atoms with Crippen molar-refractivity contribution < 1.29 is 9.53 Å². The number of rotatable bonds is 3. The third-order valence-corrected chi connectivity index (χ3v) is 5.12. The minimum Gasteiger partial charge on any atom is -0.496 e. The van der Waals surface area contributed by atoms with Crippen LogP contribution in [0.1, 0.15) is 35.4 Å². The highest BCUT2D eigenvalue weighted by Gasteiger charge is 2.25. The molecule has 0 atom stereocenters. The van der Waals surface area contributed by atoms with Crippen molar-refractivity contribution in [2.24, 2.45) is 0 Å². The first-order chi connectivity index (χ1) is 12.1. The van der Waals surface area contributed by atoms with E-state index in [1.807, 2.05) is 35.2 Å². The van der Waals surface area contributed by atoms with Gasteiger partial charge in [-0.15, -0.1) is 0 Å². The van der Waals surface area contributed by atoms with Gasteiger partial charge in [0.1, 0.15) is 5.75 Å². The standard InChI is InChI=1S/C21H26N2O2/c1-15-8-9-18(14-16(15)2)22-21(24)23-12-10-17(11-13-23)19-6-4-5-7-20(19)25-3/h4-9,14,17H,10-13H2,1-3H3,(H,22,24). The van der Waals surface area contributed by atoms with E-state index in [4.69, 9.17) is 4.74 Å². The molecule has 2 amide bonds.